The van der Waals surface area contributed by atoms with Crippen LogP contribution in [0, 0.1) is 62.4 Å². The zero-order valence-corrected chi connectivity index (χ0v) is 49.5. The highest BCUT2D eigenvalue weighted by Crippen LogP contribution is 2.67. The van der Waals surface area contributed by atoms with Crippen LogP contribution in [0.25, 0.3) is 0 Å². The van der Waals surface area contributed by atoms with E-state index in [0.29, 0.717) is 29.9 Å². The molecule has 0 spiro atoms. The molecule has 20 heteroatoms. The van der Waals surface area contributed by atoms with E-state index < -0.39 is 46.9 Å². The van der Waals surface area contributed by atoms with Crippen LogP contribution in [-0.2, 0) is 49.5 Å². The maximum Gasteiger partial charge on any atom is 0.514 e. The largest absolute Gasteiger partial charge is 0.514 e. The molecule has 4 aliphatic rings. The highest BCUT2D eigenvalue weighted by molar-refractivity contribution is 5.98. The standard InChI is InChI=1S/C62H92N6O14/c1-40(2)10-8-11-42(5)50-23-24-51-49-22-15-44-38-48(25-29-61(44,6)52(49)26-30-62(50,51)7)81-55(70)28-33-78-35-37-79-36-34-77-32-27-54(69)67-56(41(3)4)58(72)66-53(12-9-31-64-59(63)73)57(71)65-45-16-13-43(14-17-45)39-80-60(74)82-47-20-18-46(19-21-47)68(75)76/h13-21,40-42,48-53,56H,8-12,22-39H2,1-7H3,(H,65,71)(H,66,72)(H,67,69)(H3,63,64,73). The Morgan fingerprint density at radius 3 is 2.10 bits per heavy atom. The summed E-state index contributed by atoms with van der Waals surface area (Å²) in [5.41, 5.74) is 8.15. The summed E-state index contributed by atoms with van der Waals surface area (Å²) in [7, 11) is 0. The van der Waals surface area contributed by atoms with Crippen LogP contribution in [-0.4, -0.2) is 105 Å². The van der Waals surface area contributed by atoms with Crippen LogP contribution >= 0.6 is 0 Å². The van der Waals surface area contributed by atoms with Crippen molar-refractivity contribution in [2.24, 2.45) is 58.0 Å². The third-order valence-corrected chi connectivity index (χ3v) is 17.9. The Labute approximate surface area is 484 Å². The van der Waals surface area contributed by atoms with Crippen LogP contribution < -0.4 is 31.7 Å². The number of nitro benzene ring substituents is 1. The lowest BCUT2D eigenvalue weighted by molar-refractivity contribution is -0.384. The number of esters is 1. The number of amides is 5. The van der Waals surface area contributed by atoms with Gasteiger partial charge in [-0.25, -0.2) is 9.59 Å². The molecule has 6 N–H and O–H groups in total. The van der Waals surface area contributed by atoms with Gasteiger partial charge in [-0.05, 0) is 140 Å². The van der Waals surface area contributed by atoms with E-state index in [4.69, 9.17) is 34.2 Å². The molecule has 0 aromatic heterocycles. The fraction of sp³-hybridized carbons (Fsp3) is 0.677. The van der Waals surface area contributed by atoms with Crippen molar-refractivity contribution >= 4 is 47.3 Å². The molecule has 0 radical (unpaired) electrons. The second-order valence-electron chi connectivity index (χ2n) is 24.3. The van der Waals surface area contributed by atoms with Crippen molar-refractivity contribution in [1.29, 1.82) is 0 Å². The summed E-state index contributed by atoms with van der Waals surface area (Å²) in [6.45, 7) is 17.3. The highest BCUT2D eigenvalue weighted by Gasteiger charge is 2.59. The maximum atomic E-state index is 13.6. The van der Waals surface area contributed by atoms with Gasteiger partial charge in [-0.15, -0.1) is 0 Å². The van der Waals surface area contributed by atoms with Crippen molar-refractivity contribution in [3.05, 3.63) is 75.9 Å². The lowest BCUT2D eigenvalue weighted by Gasteiger charge is -2.58. The number of non-ortho nitro benzene ring substituents is 1. The first-order chi connectivity index (χ1) is 39.2. The summed E-state index contributed by atoms with van der Waals surface area (Å²) in [4.78, 5) is 86.8. The number of nitrogens with zero attached hydrogens (tertiary/aromatic N) is 1. The third-order valence-electron chi connectivity index (χ3n) is 17.9. The predicted molar refractivity (Wildman–Crippen MR) is 309 cm³/mol. The average Bonchev–Trinajstić information content (AvgIpc) is 2.15. The number of carbonyl (C=O) groups excluding carboxylic acids is 6. The minimum atomic E-state index is -1.07. The number of urea groups is 1. The molecule has 0 heterocycles. The van der Waals surface area contributed by atoms with Crippen LogP contribution in [0.3, 0.4) is 0 Å². The topological polar surface area (TPSA) is 275 Å². The zero-order valence-electron chi connectivity index (χ0n) is 49.5. The molecule has 2 aromatic carbocycles. The number of carbonyl (C=O) groups is 6. The summed E-state index contributed by atoms with van der Waals surface area (Å²) >= 11 is 0. The maximum absolute atomic E-state index is 13.6. The fourth-order valence-electron chi connectivity index (χ4n) is 13.5. The number of primary amides is 1. The van der Waals surface area contributed by atoms with Gasteiger partial charge >= 0.3 is 18.2 Å². The van der Waals surface area contributed by atoms with Gasteiger partial charge in [0.1, 0.15) is 30.5 Å². The van der Waals surface area contributed by atoms with Crippen LogP contribution in [0.1, 0.15) is 150 Å². The molecule has 6 rings (SSSR count). The smallest absolute Gasteiger partial charge is 0.462 e. The number of fused-ring (bicyclic) bond motifs is 5. The van der Waals surface area contributed by atoms with Gasteiger partial charge < -0.3 is 55.4 Å². The number of nitrogens with two attached hydrogens (primary N) is 1. The Bertz CT molecular complexity index is 2470. The molecule has 454 valence electrons. The molecular formula is C62H92N6O14. The van der Waals surface area contributed by atoms with Gasteiger partial charge in [-0.3, -0.25) is 29.3 Å². The number of nitrogens with one attached hydrogen (secondary N) is 4. The molecule has 4 aliphatic carbocycles. The Balaban J connectivity index is 0.825. The van der Waals surface area contributed by atoms with E-state index in [0.717, 1.165) is 54.8 Å². The lowest BCUT2D eigenvalue weighted by atomic mass is 9.47. The number of nitro groups is 1. The van der Waals surface area contributed by atoms with Gasteiger partial charge in [0, 0.05) is 37.2 Å². The molecule has 0 aliphatic heterocycles. The molecule has 0 saturated heterocycles. The molecule has 20 nitrogen and oxygen atoms in total. The van der Waals surface area contributed by atoms with E-state index in [9.17, 15) is 38.9 Å². The van der Waals surface area contributed by atoms with E-state index >= 15 is 0 Å². The Morgan fingerprint density at radius 2 is 1.44 bits per heavy atom. The normalized spacial score (nSPS) is 23.9. The molecule has 3 fully saturated rings. The van der Waals surface area contributed by atoms with Gasteiger partial charge in [0.05, 0.1) is 51.0 Å². The number of hydrogen-bond acceptors (Lipinski definition) is 14. The molecule has 5 amide bonds. The first-order valence-electron chi connectivity index (χ1n) is 29.9. The quantitative estimate of drug-likeness (QED) is 0.0114. The minimum absolute atomic E-state index is 0.0299. The predicted octanol–water partition coefficient (Wildman–Crippen LogP) is 10.1. The highest BCUT2D eigenvalue weighted by atomic mass is 16.7. The lowest BCUT2D eigenvalue weighted by Crippen LogP contribution is -2.54. The van der Waals surface area contributed by atoms with Crippen molar-refractivity contribution in [3.8, 4) is 5.75 Å². The van der Waals surface area contributed by atoms with Crippen LogP contribution in [0.15, 0.2) is 60.2 Å². The van der Waals surface area contributed by atoms with Crippen LogP contribution in [0.4, 0.5) is 21.0 Å². The van der Waals surface area contributed by atoms with Crippen LogP contribution in [0.5, 0.6) is 5.75 Å². The van der Waals surface area contributed by atoms with Crippen molar-refractivity contribution in [3.63, 3.8) is 0 Å². The van der Waals surface area contributed by atoms with Crippen molar-refractivity contribution < 1.29 is 62.1 Å². The van der Waals surface area contributed by atoms with E-state index in [1.54, 1.807) is 38.1 Å². The number of benzene rings is 2. The second-order valence-corrected chi connectivity index (χ2v) is 24.3. The summed E-state index contributed by atoms with van der Waals surface area (Å²) in [6, 6.07) is 8.48. The Kier molecular flexibility index (Phi) is 25.0. The van der Waals surface area contributed by atoms with E-state index in [1.807, 2.05) is 0 Å². The zero-order chi connectivity index (χ0) is 59.4. The van der Waals surface area contributed by atoms with Gasteiger partial charge in [-0.2, -0.15) is 0 Å². The number of ether oxygens (including phenoxy) is 6. The van der Waals surface area contributed by atoms with Crippen molar-refractivity contribution in [1.82, 2.24) is 16.0 Å². The number of allylic oxidation sites excluding steroid dienone is 1. The third kappa shape index (κ3) is 19.0. The fourth-order valence-corrected chi connectivity index (χ4v) is 13.5. The summed E-state index contributed by atoms with van der Waals surface area (Å²) in [6.07, 6.45) is 15.5. The first kappa shape index (κ1) is 65.0. The average molecular weight is 1150 g/mol. The Hall–Kier alpha value is -6.12. The number of rotatable bonds is 32. The molecular weight excluding hydrogens is 1050 g/mol. The van der Waals surface area contributed by atoms with Crippen LogP contribution in [0.2, 0.25) is 0 Å². The van der Waals surface area contributed by atoms with Gasteiger partial charge in [0.2, 0.25) is 17.7 Å². The number of anilines is 1. The van der Waals surface area contributed by atoms with E-state index in [1.165, 1.54) is 81.2 Å². The molecule has 10 unspecified atom stereocenters. The second kappa shape index (κ2) is 31.5. The van der Waals surface area contributed by atoms with E-state index in [2.05, 4.69) is 62.0 Å². The Morgan fingerprint density at radius 1 is 0.756 bits per heavy atom. The molecule has 10 atom stereocenters. The summed E-state index contributed by atoms with van der Waals surface area (Å²) in [5.74, 6) is 2.67. The molecule has 0 bridgehead atoms. The summed E-state index contributed by atoms with van der Waals surface area (Å²) in [5, 5.41) is 21.6. The van der Waals surface area contributed by atoms with Crippen molar-refractivity contribution in [2.75, 3.05) is 51.5 Å². The first-order valence-corrected chi connectivity index (χ1v) is 29.9. The molecule has 2 aromatic rings. The minimum Gasteiger partial charge on any atom is -0.462 e. The SMILES string of the molecule is CC(C)CCCC(C)C1CCC2C3CC=C4CC(OC(=O)CCOCCOCCOCCC(=O)NC(C(=O)NC(CCCNC(N)=O)C(=O)Nc5ccc(COC(=O)Oc6ccc([N+](=O)[O-])cc6)cc5)C(C)C)CCC4(C)C3CCC12C. The van der Waals surface area contributed by atoms with Gasteiger partial charge in [0.15, 0.2) is 0 Å². The van der Waals surface area contributed by atoms with Gasteiger partial charge in [0.25, 0.3) is 5.69 Å². The van der Waals surface area contributed by atoms with Gasteiger partial charge in [-0.1, -0.05) is 91.5 Å². The van der Waals surface area contributed by atoms with E-state index in [-0.39, 0.29) is 100 Å². The van der Waals surface area contributed by atoms with Crippen molar-refractivity contribution in [2.45, 2.75) is 170 Å². The molecule has 3 saturated carbocycles. The molecule has 82 heavy (non-hydrogen) atoms. The summed E-state index contributed by atoms with van der Waals surface area (Å²) < 4.78 is 33.1. The number of hydrogen-bond donors (Lipinski definition) is 5. The monoisotopic (exact) mass is 1140 g/mol.